The lowest BCUT2D eigenvalue weighted by molar-refractivity contribution is -0.150. The largest absolute Gasteiger partial charge is 0.744 e. The highest BCUT2D eigenvalue weighted by atomic mass is 127. The summed E-state index contributed by atoms with van der Waals surface area (Å²) < 4.78 is 113. The Hall–Kier alpha value is -1.37. The minimum Gasteiger partial charge on any atom is -0.744 e. The average Bonchev–Trinajstić information content (AvgIpc) is 3.43. The van der Waals surface area contributed by atoms with Crippen molar-refractivity contribution < 1.29 is 63.9 Å². The van der Waals surface area contributed by atoms with E-state index in [2.05, 4.69) is 27.3 Å². The number of ether oxygens (including phenoxy) is 4. The Bertz CT molecular complexity index is 1530. The van der Waals surface area contributed by atoms with Crippen LogP contribution in [0.2, 0.25) is 0 Å². The van der Waals surface area contributed by atoms with Crippen LogP contribution in [-0.2, 0) is 33.9 Å². The molecular weight excluding hydrogens is 901 g/mol. The first-order valence-electron chi connectivity index (χ1n) is 10.4. The molecule has 3 fully saturated rings. The van der Waals surface area contributed by atoms with E-state index in [1.165, 1.54) is 0 Å². The van der Waals surface area contributed by atoms with Gasteiger partial charge < -0.3 is 23.5 Å². The summed E-state index contributed by atoms with van der Waals surface area (Å²) in [6.07, 6.45) is -4.98. The van der Waals surface area contributed by atoms with E-state index < -0.39 is 98.2 Å². The first kappa shape index (κ1) is 29.1. The lowest BCUT2D eigenvalue weighted by Crippen LogP contribution is -2.48. The highest BCUT2D eigenvalue weighted by Gasteiger charge is 2.72. The molecule has 0 amide bonds. The van der Waals surface area contributed by atoms with Crippen LogP contribution in [0.1, 0.15) is 10.4 Å². The number of hydrogen-bond acceptors (Lipinski definition) is 10. The fraction of sp³-hybridized carbons (Fsp3) is 0.286. The zero-order chi connectivity index (χ0) is 28.7. The maximum absolute atomic E-state index is 14.4. The van der Waals surface area contributed by atoms with E-state index in [1.807, 2.05) is 45.2 Å². The van der Waals surface area contributed by atoms with Gasteiger partial charge in [0.25, 0.3) is 0 Å². The zero-order valence-electron chi connectivity index (χ0n) is 18.3. The zero-order valence-corrected chi connectivity index (χ0v) is 25.5. The molecule has 18 heteroatoms. The summed E-state index contributed by atoms with van der Waals surface area (Å²) in [5.74, 6) is -18.6. The molecule has 3 saturated heterocycles. The lowest BCUT2D eigenvalue weighted by atomic mass is 9.78. The van der Waals surface area contributed by atoms with Crippen molar-refractivity contribution in [2.24, 2.45) is 11.8 Å². The smallest absolute Gasteiger partial charge is 0.340 e. The van der Waals surface area contributed by atoms with Crippen molar-refractivity contribution in [3.05, 3.63) is 51.7 Å². The summed E-state index contributed by atoms with van der Waals surface area (Å²) in [4.78, 5) is 36.1. The Balaban J connectivity index is 1.45. The maximum Gasteiger partial charge on any atom is 0.340 e. The summed E-state index contributed by atoms with van der Waals surface area (Å²) in [5.41, 5.74) is 0.183. The van der Waals surface area contributed by atoms with Gasteiger partial charge >= 0.3 is 17.9 Å². The van der Waals surface area contributed by atoms with Crippen molar-refractivity contribution in [2.45, 2.75) is 29.3 Å². The van der Waals surface area contributed by atoms with E-state index in [1.54, 1.807) is 12.1 Å². The quantitative estimate of drug-likeness (QED) is 0.110. The first-order valence-corrected chi connectivity index (χ1v) is 15.0. The maximum atomic E-state index is 14.4. The third-order valence-electron chi connectivity index (χ3n) is 6.27. The van der Waals surface area contributed by atoms with Gasteiger partial charge in [-0.3, -0.25) is 9.59 Å². The standard InChI is InChI=1S/C21H9F4I3O10S/c22-9-11(24)18(39(32,33)34)12(25)10(23)15(9)36-20(30)7-8-14-17(38-21(8)31)16(13(7)35-14)37-19(29)6-4(27)1-3(26)2-5(6)28/h1-2,7-8,13-14,16-17H,(H,32,33,34)/p-1. The lowest BCUT2D eigenvalue weighted by Gasteiger charge is -2.27. The predicted octanol–water partition coefficient (Wildman–Crippen LogP) is 3.03. The second-order valence-corrected chi connectivity index (χ2v) is 13.3. The number of benzene rings is 2. The number of rotatable bonds is 5. The normalized spacial score (nSPS) is 27.0. The van der Waals surface area contributed by atoms with Gasteiger partial charge in [0, 0.05) is 10.7 Å². The van der Waals surface area contributed by atoms with Gasteiger partial charge in [0.15, 0.2) is 23.8 Å². The SMILES string of the molecule is O=C(OC1C2OC(=O)C3C2OC1C3C(=O)Oc1c(F)c(F)c(S(=O)(=O)[O-])c(F)c1F)c1c(I)cc(I)cc1I. The number of hydrogen-bond donors (Lipinski definition) is 0. The van der Waals surface area contributed by atoms with Crippen molar-refractivity contribution in [1.29, 1.82) is 0 Å². The van der Waals surface area contributed by atoms with Gasteiger partial charge in [-0.2, -0.15) is 8.78 Å². The summed E-state index contributed by atoms with van der Waals surface area (Å²) in [5, 5.41) is 0. The molecule has 0 N–H and O–H groups in total. The number of carbonyl (C=O) groups excluding carboxylic acids is 3. The number of esters is 3. The molecule has 0 aliphatic carbocycles. The van der Waals surface area contributed by atoms with E-state index in [0.717, 1.165) is 3.57 Å². The number of fused-ring (bicyclic) bond motifs is 1. The van der Waals surface area contributed by atoms with Crippen LogP contribution in [0.15, 0.2) is 17.0 Å². The molecule has 2 aromatic carbocycles. The second kappa shape index (κ2) is 10.2. The molecule has 0 radical (unpaired) electrons. The number of carbonyl (C=O) groups is 3. The fourth-order valence-electron chi connectivity index (χ4n) is 4.73. The van der Waals surface area contributed by atoms with Crippen molar-refractivity contribution in [2.75, 3.05) is 0 Å². The Morgan fingerprint density at radius 3 is 2.03 bits per heavy atom. The molecule has 3 heterocycles. The molecule has 3 aliphatic rings. The molecule has 0 saturated carbocycles. The molecule has 0 aromatic heterocycles. The molecule has 10 nitrogen and oxygen atoms in total. The highest BCUT2D eigenvalue weighted by Crippen LogP contribution is 2.52. The first-order chi connectivity index (χ1) is 18.1. The molecular formula is C21H8F4I3O10S-. The van der Waals surface area contributed by atoms with Crippen LogP contribution in [-0.4, -0.2) is 55.3 Å². The van der Waals surface area contributed by atoms with Crippen LogP contribution >= 0.6 is 67.8 Å². The predicted molar refractivity (Wildman–Crippen MR) is 139 cm³/mol. The molecule has 0 spiro atoms. The van der Waals surface area contributed by atoms with E-state index >= 15 is 0 Å². The Kier molecular flexibility index (Phi) is 7.59. The van der Waals surface area contributed by atoms with Crippen molar-refractivity contribution in [1.82, 2.24) is 0 Å². The molecule has 208 valence electrons. The minimum absolute atomic E-state index is 0.183. The third kappa shape index (κ3) is 4.70. The Morgan fingerprint density at radius 2 is 1.49 bits per heavy atom. The topological polar surface area (TPSA) is 145 Å². The van der Waals surface area contributed by atoms with E-state index in [9.17, 15) is 44.9 Å². The highest BCUT2D eigenvalue weighted by molar-refractivity contribution is 14.1. The molecule has 6 atom stereocenters. The summed E-state index contributed by atoms with van der Waals surface area (Å²) in [6, 6.07) is 3.40. The van der Waals surface area contributed by atoms with Crippen LogP contribution in [0.3, 0.4) is 0 Å². The van der Waals surface area contributed by atoms with Crippen molar-refractivity contribution >= 4 is 95.8 Å². The Morgan fingerprint density at radius 1 is 0.923 bits per heavy atom. The number of halogens is 7. The van der Waals surface area contributed by atoms with E-state index in [4.69, 9.17) is 14.2 Å². The summed E-state index contributed by atoms with van der Waals surface area (Å²) in [6.45, 7) is 0. The van der Waals surface area contributed by atoms with Crippen LogP contribution in [0, 0.1) is 45.8 Å². The van der Waals surface area contributed by atoms with Crippen LogP contribution in [0.25, 0.3) is 0 Å². The van der Waals surface area contributed by atoms with Crippen LogP contribution in [0.5, 0.6) is 5.75 Å². The van der Waals surface area contributed by atoms with Gasteiger partial charge in [-0.15, -0.1) is 0 Å². The fourth-order valence-corrected chi connectivity index (χ4v) is 9.37. The Labute approximate surface area is 256 Å². The van der Waals surface area contributed by atoms with Gasteiger partial charge in [-0.25, -0.2) is 22.0 Å². The van der Waals surface area contributed by atoms with Crippen molar-refractivity contribution in [3.8, 4) is 5.75 Å². The minimum atomic E-state index is -5.99. The van der Waals surface area contributed by atoms with E-state index in [-0.39, 0.29) is 5.56 Å². The molecule has 2 bridgehead atoms. The summed E-state index contributed by atoms with van der Waals surface area (Å²) in [7, 11) is -5.99. The van der Waals surface area contributed by atoms with Gasteiger partial charge in [-0.1, -0.05) is 0 Å². The van der Waals surface area contributed by atoms with Crippen LogP contribution in [0.4, 0.5) is 17.6 Å². The molecule has 5 rings (SSSR count). The van der Waals surface area contributed by atoms with Gasteiger partial charge in [0.2, 0.25) is 17.4 Å². The molecule has 6 unspecified atom stereocenters. The van der Waals surface area contributed by atoms with E-state index in [0.29, 0.717) is 7.14 Å². The molecule has 2 aromatic rings. The average molecular weight is 909 g/mol. The van der Waals surface area contributed by atoms with Gasteiger partial charge in [0.1, 0.15) is 39.1 Å². The second-order valence-electron chi connectivity index (χ2n) is 8.42. The van der Waals surface area contributed by atoms with Gasteiger partial charge in [0.05, 0.1) is 5.56 Å². The molecule has 3 aliphatic heterocycles. The molecule has 39 heavy (non-hydrogen) atoms. The monoisotopic (exact) mass is 909 g/mol. The third-order valence-corrected chi connectivity index (χ3v) is 9.45. The van der Waals surface area contributed by atoms with Crippen molar-refractivity contribution in [3.63, 3.8) is 0 Å². The van der Waals surface area contributed by atoms with Gasteiger partial charge in [-0.05, 0) is 79.9 Å². The van der Waals surface area contributed by atoms with Crippen LogP contribution < -0.4 is 4.74 Å². The summed E-state index contributed by atoms with van der Waals surface area (Å²) >= 11 is 5.89.